The molecule has 0 fully saturated rings. The molecule has 1 aromatic heterocycles. The van der Waals surface area contributed by atoms with Gasteiger partial charge in [-0.3, -0.25) is 0 Å². The maximum atomic E-state index is 6.04. The summed E-state index contributed by atoms with van der Waals surface area (Å²) in [6, 6.07) is 26.8. The van der Waals surface area contributed by atoms with E-state index < -0.39 is 0 Å². The molecular formula is C24H18O. The van der Waals surface area contributed by atoms with Crippen molar-refractivity contribution in [3.63, 3.8) is 0 Å². The molecule has 0 aliphatic rings. The molecule has 0 atom stereocenters. The van der Waals surface area contributed by atoms with E-state index in [2.05, 4.69) is 61.2 Å². The van der Waals surface area contributed by atoms with Crippen molar-refractivity contribution in [2.24, 2.45) is 0 Å². The largest absolute Gasteiger partial charge is 0.447 e. The quantitative estimate of drug-likeness (QED) is 0.429. The predicted octanol–water partition coefficient (Wildman–Crippen LogP) is 5.73. The number of para-hydroxylation sites is 1. The van der Waals surface area contributed by atoms with Crippen LogP contribution in [-0.4, -0.2) is 0 Å². The van der Waals surface area contributed by atoms with Crippen LogP contribution in [-0.2, 0) is 6.42 Å². The smallest absolute Gasteiger partial charge is 0.182 e. The van der Waals surface area contributed by atoms with Gasteiger partial charge in [-0.15, -0.1) is 0 Å². The summed E-state index contributed by atoms with van der Waals surface area (Å²) < 4.78 is 6.04. The van der Waals surface area contributed by atoms with Gasteiger partial charge >= 0.3 is 0 Å². The molecule has 25 heavy (non-hydrogen) atoms. The van der Waals surface area contributed by atoms with E-state index in [1.165, 1.54) is 11.1 Å². The van der Waals surface area contributed by atoms with Gasteiger partial charge in [0.15, 0.2) is 5.76 Å². The van der Waals surface area contributed by atoms with Crippen LogP contribution in [0.5, 0.6) is 0 Å². The maximum absolute atomic E-state index is 6.04. The van der Waals surface area contributed by atoms with Crippen molar-refractivity contribution >= 4 is 11.0 Å². The lowest BCUT2D eigenvalue weighted by Crippen LogP contribution is -1.89. The Morgan fingerprint density at radius 2 is 1.48 bits per heavy atom. The van der Waals surface area contributed by atoms with Gasteiger partial charge in [-0.2, -0.15) is 0 Å². The van der Waals surface area contributed by atoms with Gasteiger partial charge in [0, 0.05) is 22.9 Å². The second-order valence-corrected chi connectivity index (χ2v) is 6.18. The first-order valence-electron chi connectivity index (χ1n) is 8.42. The monoisotopic (exact) mass is 322 g/mol. The summed E-state index contributed by atoms with van der Waals surface area (Å²) in [6.45, 7) is 2.08. The Bertz CT molecular complexity index is 1060. The summed E-state index contributed by atoms with van der Waals surface area (Å²) in [5.74, 6) is 7.23. The molecule has 4 aromatic rings. The average Bonchev–Trinajstić information content (AvgIpc) is 3.00. The van der Waals surface area contributed by atoms with Crippen LogP contribution in [0.15, 0.2) is 83.3 Å². The molecule has 1 heteroatoms. The van der Waals surface area contributed by atoms with Crippen molar-refractivity contribution in [2.45, 2.75) is 13.3 Å². The molecule has 120 valence electrons. The van der Waals surface area contributed by atoms with Gasteiger partial charge in [0.05, 0.1) is 0 Å². The van der Waals surface area contributed by atoms with E-state index in [0.717, 1.165) is 34.3 Å². The molecule has 4 rings (SSSR count). The van der Waals surface area contributed by atoms with E-state index in [0.29, 0.717) is 0 Å². The molecule has 0 saturated heterocycles. The van der Waals surface area contributed by atoms with E-state index in [1.54, 1.807) is 0 Å². The highest BCUT2D eigenvalue weighted by Gasteiger charge is 2.12. The van der Waals surface area contributed by atoms with Crippen LogP contribution in [0.2, 0.25) is 0 Å². The summed E-state index contributed by atoms with van der Waals surface area (Å²) in [6.07, 6.45) is 0.815. The van der Waals surface area contributed by atoms with Crippen LogP contribution in [0.3, 0.4) is 0 Å². The van der Waals surface area contributed by atoms with Crippen LogP contribution >= 0.6 is 0 Å². The second kappa shape index (κ2) is 6.71. The third kappa shape index (κ3) is 3.34. The lowest BCUT2D eigenvalue weighted by molar-refractivity contribution is 0.597. The molecule has 0 amide bonds. The van der Waals surface area contributed by atoms with E-state index in [9.17, 15) is 0 Å². The van der Waals surface area contributed by atoms with Gasteiger partial charge in [0.25, 0.3) is 0 Å². The van der Waals surface area contributed by atoms with Crippen molar-refractivity contribution in [3.05, 3.63) is 107 Å². The number of benzene rings is 3. The van der Waals surface area contributed by atoms with Gasteiger partial charge < -0.3 is 4.42 Å². The third-order valence-electron chi connectivity index (χ3n) is 4.29. The van der Waals surface area contributed by atoms with E-state index >= 15 is 0 Å². The van der Waals surface area contributed by atoms with Crippen molar-refractivity contribution in [2.75, 3.05) is 0 Å². The van der Waals surface area contributed by atoms with Gasteiger partial charge in [-0.05, 0) is 36.6 Å². The van der Waals surface area contributed by atoms with Crippen LogP contribution in [0, 0.1) is 18.8 Å². The topological polar surface area (TPSA) is 13.1 Å². The van der Waals surface area contributed by atoms with Gasteiger partial charge in [0.1, 0.15) is 5.58 Å². The Morgan fingerprint density at radius 3 is 2.28 bits per heavy atom. The summed E-state index contributed by atoms with van der Waals surface area (Å²) in [5, 5.41) is 1.14. The van der Waals surface area contributed by atoms with Gasteiger partial charge in [0.2, 0.25) is 0 Å². The summed E-state index contributed by atoms with van der Waals surface area (Å²) in [5.41, 5.74) is 5.53. The molecule has 0 radical (unpaired) electrons. The third-order valence-corrected chi connectivity index (χ3v) is 4.29. The highest BCUT2D eigenvalue weighted by atomic mass is 16.3. The van der Waals surface area contributed by atoms with Crippen LogP contribution in [0.1, 0.15) is 28.0 Å². The first-order valence-corrected chi connectivity index (χ1v) is 8.42. The van der Waals surface area contributed by atoms with Crippen molar-refractivity contribution in [1.82, 2.24) is 0 Å². The molecule has 1 nitrogen and oxygen atoms in total. The fourth-order valence-electron chi connectivity index (χ4n) is 2.94. The molecule has 0 saturated carbocycles. The van der Waals surface area contributed by atoms with Crippen molar-refractivity contribution < 1.29 is 4.42 Å². The number of furan rings is 1. The minimum absolute atomic E-state index is 0.755. The fourth-order valence-corrected chi connectivity index (χ4v) is 2.94. The minimum atomic E-state index is 0.755. The zero-order valence-corrected chi connectivity index (χ0v) is 14.1. The van der Waals surface area contributed by atoms with Crippen LogP contribution in [0.25, 0.3) is 11.0 Å². The van der Waals surface area contributed by atoms with Crippen molar-refractivity contribution in [3.8, 4) is 11.8 Å². The number of hydrogen-bond acceptors (Lipinski definition) is 1. The predicted molar refractivity (Wildman–Crippen MR) is 103 cm³/mol. The SMILES string of the molecule is Cc1ccc(C#Cc2oc3ccccc3c2Cc2ccccc2)cc1. The standard InChI is InChI=1S/C24H18O/c1-18-11-13-19(14-12-18)15-16-24-22(17-20-7-3-2-4-8-20)21-9-5-6-10-23(21)25-24/h2-14H,17H2,1H3. The molecule has 0 aliphatic heterocycles. The highest BCUT2D eigenvalue weighted by molar-refractivity contribution is 5.83. The Hall–Kier alpha value is -3.24. The molecule has 0 unspecified atom stereocenters. The number of rotatable bonds is 2. The van der Waals surface area contributed by atoms with E-state index in [1.807, 2.05) is 36.4 Å². The lowest BCUT2D eigenvalue weighted by atomic mass is 10.0. The molecule has 0 spiro atoms. The maximum Gasteiger partial charge on any atom is 0.182 e. The first kappa shape index (κ1) is 15.3. The van der Waals surface area contributed by atoms with Crippen LogP contribution < -0.4 is 0 Å². The lowest BCUT2D eigenvalue weighted by Gasteiger charge is -2.00. The highest BCUT2D eigenvalue weighted by Crippen LogP contribution is 2.27. The zero-order valence-electron chi connectivity index (χ0n) is 14.1. The van der Waals surface area contributed by atoms with Crippen molar-refractivity contribution in [1.29, 1.82) is 0 Å². The number of aryl methyl sites for hydroxylation is 1. The van der Waals surface area contributed by atoms with E-state index in [4.69, 9.17) is 4.42 Å². The summed E-state index contributed by atoms with van der Waals surface area (Å²) >= 11 is 0. The Kier molecular flexibility index (Phi) is 4.11. The molecule has 0 bridgehead atoms. The average molecular weight is 322 g/mol. The Balaban J connectivity index is 1.78. The fraction of sp³-hybridized carbons (Fsp3) is 0.0833. The number of fused-ring (bicyclic) bond motifs is 1. The minimum Gasteiger partial charge on any atom is -0.447 e. The zero-order chi connectivity index (χ0) is 17.1. The van der Waals surface area contributed by atoms with Crippen LogP contribution in [0.4, 0.5) is 0 Å². The summed E-state index contributed by atoms with van der Waals surface area (Å²) in [4.78, 5) is 0. The molecular weight excluding hydrogens is 304 g/mol. The Morgan fingerprint density at radius 1 is 0.760 bits per heavy atom. The molecule has 0 aliphatic carbocycles. The van der Waals surface area contributed by atoms with Gasteiger partial charge in [-0.25, -0.2) is 0 Å². The number of hydrogen-bond donors (Lipinski definition) is 0. The van der Waals surface area contributed by atoms with E-state index in [-0.39, 0.29) is 0 Å². The second-order valence-electron chi connectivity index (χ2n) is 6.18. The molecule has 1 heterocycles. The normalized spacial score (nSPS) is 10.4. The summed E-state index contributed by atoms with van der Waals surface area (Å²) in [7, 11) is 0. The molecule has 0 N–H and O–H groups in total. The molecule has 3 aromatic carbocycles. The van der Waals surface area contributed by atoms with Gasteiger partial charge in [-0.1, -0.05) is 72.1 Å². The Labute approximate surface area is 147 Å². The first-order chi connectivity index (χ1) is 12.3.